The average Bonchev–Trinajstić information content (AvgIpc) is 2.58. The van der Waals surface area contributed by atoms with Gasteiger partial charge in [-0.15, -0.1) is 0 Å². The van der Waals surface area contributed by atoms with Crippen molar-refractivity contribution in [3.05, 3.63) is 47.0 Å². The highest BCUT2D eigenvalue weighted by Crippen LogP contribution is 2.33. The largest absolute Gasteiger partial charge is 0.456 e. The van der Waals surface area contributed by atoms with Crippen LogP contribution in [0.5, 0.6) is 11.5 Å². The molecule has 0 atom stereocenters. The van der Waals surface area contributed by atoms with Gasteiger partial charge in [-0.05, 0) is 48.9 Å². The van der Waals surface area contributed by atoms with Crippen LogP contribution in [0.15, 0.2) is 46.2 Å². The molecule has 0 heterocycles. The first kappa shape index (κ1) is 19.6. The van der Waals surface area contributed by atoms with E-state index in [2.05, 4.69) is 0 Å². The standard InChI is InChI=1S/C13H15ClN4O5S2/c1-8-6-12(11(14)7-13(8)25(21,22)18-16)23-9-2-4-10(5-3-9)24(19,20)17-15/h2-7,17-18H,15-16H2,1H3. The van der Waals surface area contributed by atoms with Crippen LogP contribution in [0.3, 0.4) is 0 Å². The molecule has 0 aliphatic heterocycles. The number of aryl methyl sites for hydroxylation is 1. The van der Waals surface area contributed by atoms with Gasteiger partial charge in [-0.2, -0.15) is 9.66 Å². The molecule has 0 aliphatic carbocycles. The number of nitrogens with two attached hydrogens (primary N) is 2. The van der Waals surface area contributed by atoms with Crippen LogP contribution in [0, 0.1) is 6.92 Å². The smallest absolute Gasteiger partial charge is 0.253 e. The van der Waals surface area contributed by atoms with E-state index in [9.17, 15) is 16.8 Å². The number of rotatable bonds is 6. The van der Waals surface area contributed by atoms with Crippen LogP contribution in [-0.2, 0) is 20.0 Å². The van der Waals surface area contributed by atoms with Crippen molar-refractivity contribution in [2.24, 2.45) is 11.7 Å². The molecule has 0 unspecified atom stereocenters. The van der Waals surface area contributed by atoms with Gasteiger partial charge in [0, 0.05) is 0 Å². The topological polar surface area (TPSA) is 154 Å². The minimum Gasteiger partial charge on any atom is -0.456 e. The molecule has 0 bridgehead atoms. The van der Waals surface area contributed by atoms with Crippen molar-refractivity contribution < 1.29 is 21.6 Å². The van der Waals surface area contributed by atoms with Crippen LogP contribution in [0.1, 0.15) is 5.56 Å². The zero-order valence-corrected chi connectivity index (χ0v) is 15.2. The van der Waals surface area contributed by atoms with E-state index in [1.807, 2.05) is 0 Å². The quantitative estimate of drug-likeness (QED) is 0.407. The summed E-state index contributed by atoms with van der Waals surface area (Å²) in [5, 5.41) is 0.0414. The molecule has 9 nitrogen and oxygen atoms in total. The van der Waals surface area contributed by atoms with E-state index in [1.54, 1.807) is 16.6 Å². The zero-order chi connectivity index (χ0) is 18.8. The normalized spacial score (nSPS) is 12.2. The Morgan fingerprint density at radius 3 is 2.04 bits per heavy atom. The van der Waals surface area contributed by atoms with E-state index in [4.69, 9.17) is 28.0 Å². The molecule has 136 valence electrons. The van der Waals surface area contributed by atoms with Crippen molar-refractivity contribution >= 4 is 31.6 Å². The van der Waals surface area contributed by atoms with Gasteiger partial charge >= 0.3 is 0 Å². The third kappa shape index (κ3) is 4.27. The number of hydrogen-bond acceptors (Lipinski definition) is 7. The van der Waals surface area contributed by atoms with Crippen molar-refractivity contribution in [3.63, 3.8) is 0 Å². The highest BCUT2D eigenvalue weighted by molar-refractivity contribution is 7.89. The van der Waals surface area contributed by atoms with E-state index < -0.39 is 20.0 Å². The van der Waals surface area contributed by atoms with Crippen LogP contribution in [0.4, 0.5) is 0 Å². The van der Waals surface area contributed by atoms with E-state index in [0.29, 0.717) is 11.3 Å². The summed E-state index contributed by atoms with van der Waals surface area (Å²) in [6, 6.07) is 8.03. The second-order valence-electron chi connectivity index (χ2n) is 4.86. The molecule has 2 aromatic rings. The highest BCUT2D eigenvalue weighted by atomic mass is 35.5. The lowest BCUT2D eigenvalue weighted by Crippen LogP contribution is -2.30. The molecular weight excluding hydrogens is 392 g/mol. The van der Waals surface area contributed by atoms with Crippen molar-refractivity contribution in [1.82, 2.24) is 9.66 Å². The van der Waals surface area contributed by atoms with Gasteiger partial charge in [0.15, 0.2) is 0 Å². The third-order valence-electron chi connectivity index (χ3n) is 3.19. The molecule has 0 aromatic heterocycles. The molecule has 0 radical (unpaired) electrons. The number of sulfonamides is 2. The first-order chi connectivity index (χ1) is 11.6. The molecule has 0 saturated heterocycles. The molecule has 2 rings (SSSR count). The fourth-order valence-electron chi connectivity index (χ4n) is 1.95. The summed E-state index contributed by atoms with van der Waals surface area (Å²) in [5.41, 5.74) is 0.365. The van der Waals surface area contributed by atoms with E-state index >= 15 is 0 Å². The predicted molar refractivity (Wildman–Crippen MR) is 91.7 cm³/mol. The number of benzene rings is 2. The van der Waals surface area contributed by atoms with Crippen molar-refractivity contribution in [1.29, 1.82) is 0 Å². The maximum Gasteiger partial charge on any atom is 0.253 e. The minimum atomic E-state index is -3.86. The van der Waals surface area contributed by atoms with E-state index in [0.717, 1.165) is 0 Å². The van der Waals surface area contributed by atoms with E-state index in [-0.39, 0.29) is 20.6 Å². The average molecular weight is 407 g/mol. The Hall–Kier alpha value is -1.73. The zero-order valence-electron chi connectivity index (χ0n) is 12.9. The van der Waals surface area contributed by atoms with Gasteiger partial charge in [0.2, 0.25) is 0 Å². The van der Waals surface area contributed by atoms with Crippen LogP contribution >= 0.6 is 11.6 Å². The molecule has 6 N–H and O–H groups in total. The van der Waals surface area contributed by atoms with Crippen LogP contribution < -0.4 is 26.1 Å². The molecule has 0 amide bonds. The van der Waals surface area contributed by atoms with Gasteiger partial charge in [0.25, 0.3) is 20.0 Å². The number of hydrazine groups is 2. The number of halogens is 1. The van der Waals surface area contributed by atoms with Gasteiger partial charge in [-0.25, -0.2) is 16.8 Å². The van der Waals surface area contributed by atoms with Gasteiger partial charge in [0.05, 0.1) is 14.8 Å². The molecule has 25 heavy (non-hydrogen) atoms. The molecule has 2 aromatic carbocycles. The second-order valence-corrected chi connectivity index (χ2v) is 8.67. The van der Waals surface area contributed by atoms with Crippen LogP contribution in [0.2, 0.25) is 5.02 Å². The fraction of sp³-hybridized carbons (Fsp3) is 0.0769. The lowest BCUT2D eigenvalue weighted by atomic mass is 10.2. The minimum absolute atomic E-state index is 0.0414. The summed E-state index contributed by atoms with van der Waals surface area (Å²) >= 11 is 6.06. The van der Waals surface area contributed by atoms with Crippen molar-refractivity contribution in [2.45, 2.75) is 16.7 Å². The Kier molecular flexibility index (Phi) is 5.68. The molecule has 12 heteroatoms. The summed E-state index contributed by atoms with van der Waals surface area (Å²) in [6.07, 6.45) is 0. The number of hydrogen-bond donors (Lipinski definition) is 4. The summed E-state index contributed by atoms with van der Waals surface area (Å²) in [5.74, 6) is 10.4. The lowest BCUT2D eigenvalue weighted by molar-refractivity contribution is 0.481. The Bertz CT molecular complexity index is 992. The Morgan fingerprint density at radius 1 is 0.960 bits per heavy atom. The van der Waals surface area contributed by atoms with E-state index in [1.165, 1.54) is 36.4 Å². The van der Waals surface area contributed by atoms with Crippen LogP contribution in [-0.4, -0.2) is 16.8 Å². The monoisotopic (exact) mass is 406 g/mol. The Morgan fingerprint density at radius 2 is 1.52 bits per heavy atom. The summed E-state index contributed by atoms with van der Waals surface area (Å²) in [6.45, 7) is 1.55. The first-order valence-corrected chi connectivity index (χ1v) is 9.98. The Balaban J connectivity index is 2.34. The fourth-order valence-corrected chi connectivity index (χ4v) is 3.73. The van der Waals surface area contributed by atoms with Gasteiger partial charge < -0.3 is 4.74 Å². The summed E-state index contributed by atoms with van der Waals surface area (Å²) in [4.78, 5) is 3.30. The maximum absolute atomic E-state index is 11.8. The summed E-state index contributed by atoms with van der Waals surface area (Å²) < 4.78 is 52.3. The third-order valence-corrected chi connectivity index (χ3v) is 6.02. The second kappa shape index (κ2) is 7.25. The predicted octanol–water partition coefficient (Wildman–Crippen LogP) is 0.745. The lowest BCUT2D eigenvalue weighted by Gasteiger charge is -2.12. The molecule has 0 aliphatic rings. The first-order valence-electron chi connectivity index (χ1n) is 6.63. The molecule has 0 saturated carbocycles. The van der Waals surface area contributed by atoms with Crippen LogP contribution in [0.25, 0.3) is 0 Å². The molecule has 0 spiro atoms. The number of ether oxygens (including phenoxy) is 1. The van der Waals surface area contributed by atoms with Crippen molar-refractivity contribution in [2.75, 3.05) is 0 Å². The van der Waals surface area contributed by atoms with Gasteiger partial charge in [-0.1, -0.05) is 11.6 Å². The highest BCUT2D eigenvalue weighted by Gasteiger charge is 2.18. The number of nitrogens with one attached hydrogen (secondary N) is 2. The van der Waals surface area contributed by atoms with Crippen molar-refractivity contribution in [3.8, 4) is 11.5 Å². The molecule has 0 fully saturated rings. The van der Waals surface area contributed by atoms with Gasteiger partial charge in [-0.3, -0.25) is 11.7 Å². The molecular formula is C13H15ClN4O5S2. The summed E-state index contributed by atoms with van der Waals surface area (Å²) in [7, 11) is -7.63. The SMILES string of the molecule is Cc1cc(Oc2ccc(S(=O)(=O)NN)cc2)c(Cl)cc1S(=O)(=O)NN. The Labute approximate surface area is 150 Å². The maximum atomic E-state index is 11.8. The van der Waals surface area contributed by atoms with Gasteiger partial charge in [0.1, 0.15) is 11.5 Å².